The van der Waals surface area contributed by atoms with Crippen molar-refractivity contribution in [2.24, 2.45) is 0 Å². The molecule has 7 heteroatoms. The lowest BCUT2D eigenvalue weighted by Gasteiger charge is -2.09. The number of nitrogens with zero attached hydrogens (tertiary/aromatic N) is 3. The Hall–Kier alpha value is -2.37. The van der Waals surface area contributed by atoms with Gasteiger partial charge in [0.2, 0.25) is 5.95 Å². The van der Waals surface area contributed by atoms with E-state index in [1.165, 1.54) is 0 Å². The van der Waals surface area contributed by atoms with Gasteiger partial charge >= 0.3 is 0 Å². The lowest BCUT2D eigenvalue weighted by molar-refractivity contribution is 0.937. The first-order valence-electron chi connectivity index (χ1n) is 7.36. The lowest BCUT2D eigenvalue weighted by Crippen LogP contribution is -2.08. The maximum absolute atomic E-state index is 6.14. The molecule has 2 aromatic carbocycles. The van der Waals surface area contributed by atoms with Crippen molar-refractivity contribution in [2.45, 2.75) is 13.1 Å². The van der Waals surface area contributed by atoms with E-state index >= 15 is 0 Å². The molecule has 3 rings (SSSR count). The minimum Gasteiger partial charge on any atom is -0.364 e. The molecule has 0 aliphatic carbocycles. The van der Waals surface area contributed by atoms with E-state index in [4.69, 9.17) is 23.2 Å². The Morgan fingerprint density at radius 2 is 1.38 bits per heavy atom. The van der Waals surface area contributed by atoms with Crippen LogP contribution in [-0.2, 0) is 13.1 Å². The first-order valence-corrected chi connectivity index (χ1v) is 8.12. The second-order valence-electron chi connectivity index (χ2n) is 5.06. The van der Waals surface area contributed by atoms with Gasteiger partial charge in [-0.25, -0.2) is 0 Å². The van der Waals surface area contributed by atoms with Gasteiger partial charge in [-0.15, -0.1) is 5.10 Å². The second-order valence-corrected chi connectivity index (χ2v) is 5.87. The summed E-state index contributed by atoms with van der Waals surface area (Å²) in [6, 6.07) is 15.3. The third-order valence-corrected chi connectivity index (χ3v) is 4.11. The van der Waals surface area contributed by atoms with E-state index in [0.717, 1.165) is 11.1 Å². The van der Waals surface area contributed by atoms with Crippen molar-refractivity contribution in [3.63, 3.8) is 0 Å². The first kappa shape index (κ1) is 16.5. The summed E-state index contributed by atoms with van der Waals surface area (Å²) in [6.07, 6.45) is 1.57. The molecule has 0 spiro atoms. The molecule has 0 saturated carbocycles. The molecule has 0 bridgehead atoms. The van der Waals surface area contributed by atoms with Crippen molar-refractivity contribution in [3.05, 3.63) is 75.9 Å². The van der Waals surface area contributed by atoms with Crippen LogP contribution in [0.1, 0.15) is 11.1 Å². The average Bonchev–Trinajstić information content (AvgIpc) is 2.61. The highest BCUT2D eigenvalue weighted by Gasteiger charge is 2.04. The quantitative estimate of drug-likeness (QED) is 0.682. The zero-order chi connectivity index (χ0) is 16.8. The molecule has 0 atom stereocenters. The molecule has 24 heavy (non-hydrogen) atoms. The number of halogens is 2. The van der Waals surface area contributed by atoms with Crippen molar-refractivity contribution < 1.29 is 0 Å². The van der Waals surface area contributed by atoms with Gasteiger partial charge in [-0.3, -0.25) is 0 Å². The SMILES string of the molecule is Clc1ccccc1CNc1cnnc(NCc2ccccc2Cl)n1. The zero-order valence-electron chi connectivity index (χ0n) is 12.7. The predicted octanol–water partition coefficient (Wildman–Crippen LogP) is 4.40. The summed E-state index contributed by atoms with van der Waals surface area (Å²) >= 11 is 12.3. The Balaban J connectivity index is 1.62. The van der Waals surface area contributed by atoms with E-state index in [2.05, 4.69) is 25.8 Å². The van der Waals surface area contributed by atoms with Crippen molar-refractivity contribution in [3.8, 4) is 0 Å². The summed E-state index contributed by atoms with van der Waals surface area (Å²) in [6.45, 7) is 1.08. The van der Waals surface area contributed by atoms with Gasteiger partial charge in [0, 0.05) is 23.1 Å². The Morgan fingerprint density at radius 1 is 0.792 bits per heavy atom. The fraction of sp³-hybridized carbons (Fsp3) is 0.118. The van der Waals surface area contributed by atoms with Crippen molar-refractivity contribution in [2.75, 3.05) is 10.6 Å². The Kier molecular flexibility index (Phi) is 5.46. The zero-order valence-corrected chi connectivity index (χ0v) is 14.2. The second kappa shape index (κ2) is 7.95. The highest BCUT2D eigenvalue weighted by Crippen LogP contribution is 2.17. The third-order valence-electron chi connectivity index (χ3n) is 3.37. The van der Waals surface area contributed by atoms with Crippen molar-refractivity contribution in [1.82, 2.24) is 15.2 Å². The minimum absolute atomic E-state index is 0.430. The summed E-state index contributed by atoms with van der Waals surface area (Å²) in [5.74, 6) is 1.05. The van der Waals surface area contributed by atoms with Gasteiger partial charge in [0.1, 0.15) is 0 Å². The van der Waals surface area contributed by atoms with E-state index in [1.54, 1.807) is 6.20 Å². The average molecular weight is 360 g/mol. The number of anilines is 2. The van der Waals surface area contributed by atoms with E-state index in [0.29, 0.717) is 34.9 Å². The molecule has 0 amide bonds. The summed E-state index contributed by atoms with van der Waals surface area (Å²) in [4.78, 5) is 4.38. The molecule has 0 fully saturated rings. The molecule has 5 nitrogen and oxygen atoms in total. The van der Waals surface area contributed by atoms with Crippen LogP contribution < -0.4 is 10.6 Å². The van der Waals surface area contributed by atoms with Gasteiger partial charge in [0.15, 0.2) is 5.82 Å². The summed E-state index contributed by atoms with van der Waals surface area (Å²) in [5.41, 5.74) is 1.96. The van der Waals surface area contributed by atoms with E-state index in [1.807, 2.05) is 48.5 Å². The Morgan fingerprint density at radius 3 is 2.00 bits per heavy atom. The fourth-order valence-electron chi connectivity index (χ4n) is 2.11. The smallest absolute Gasteiger partial charge is 0.244 e. The van der Waals surface area contributed by atoms with E-state index in [-0.39, 0.29) is 0 Å². The molecule has 122 valence electrons. The van der Waals surface area contributed by atoms with Gasteiger partial charge in [-0.2, -0.15) is 10.1 Å². The van der Waals surface area contributed by atoms with Crippen LogP contribution in [0.2, 0.25) is 10.0 Å². The molecule has 0 radical (unpaired) electrons. The van der Waals surface area contributed by atoms with Gasteiger partial charge in [0.05, 0.1) is 6.20 Å². The summed E-state index contributed by atoms with van der Waals surface area (Å²) in [7, 11) is 0. The highest BCUT2D eigenvalue weighted by atomic mass is 35.5. The van der Waals surface area contributed by atoms with Gasteiger partial charge in [-0.05, 0) is 23.3 Å². The number of hydrogen-bond donors (Lipinski definition) is 2. The third kappa shape index (κ3) is 4.34. The molecular weight excluding hydrogens is 345 g/mol. The number of nitrogens with one attached hydrogen (secondary N) is 2. The van der Waals surface area contributed by atoms with Crippen LogP contribution in [0, 0.1) is 0 Å². The molecule has 0 aliphatic heterocycles. The van der Waals surface area contributed by atoms with Crippen LogP contribution in [0.5, 0.6) is 0 Å². The monoisotopic (exact) mass is 359 g/mol. The normalized spacial score (nSPS) is 10.4. The molecule has 3 aromatic rings. The molecule has 1 heterocycles. The predicted molar refractivity (Wildman–Crippen MR) is 97.4 cm³/mol. The Labute approximate surface area is 150 Å². The molecule has 1 aromatic heterocycles. The van der Waals surface area contributed by atoms with Crippen molar-refractivity contribution >= 4 is 35.0 Å². The molecule has 0 unspecified atom stereocenters. The van der Waals surface area contributed by atoms with E-state index in [9.17, 15) is 0 Å². The maximum Gasteiger partial charge on any atom is 0.244 e. The van der Waals surface area contributed by atoms with Gasteiger partial charge in [-0.1, -0.05) is 59.6 Å². The van der Waals surface area contributed by atoms with Crippen LogP contribution in [-0.4, -0.2) is 15.2 Å². The number of aromatic nitrogens is 3. The fourth-order valence-corrected chi connectivity index (χ4v) is 2.51. The number of benzene rings is 2. The van der Waals surface area contributed by atoms with Crippen molar-refractivity contribution in [1.29, 1.82) is 0 Å². The van der Waals surface area contributed by atoms with E-state index < -0.39 is 0 Å². The summed E-state index contributed by atoms with van der Waals surface area (Å²) in [5, 5.41) is 15.6. The molecule has 0 saturated heterocycles. The van der Waals surface area contributed by atoms with Crippen LogP contribution in [0.15, 0.2) is 54.7 Å². The molecule has 0 aliphatic rings. The van der Waals surface area contributed by atoms with Crippen LogP contribution in [0.3, 0.4) is 0 Å². The molecular formula is C17H15Cl2N5. The lowest BCUT2D eigenvalue weighted by atomic mass is 10.2. The van der Waals surface area contributed by atoms with Crippen LogP contribution in [0.25, 0.3) is 0 Å². The molecule has 2 N–H and O–H groups in total. The standard InChI is InChI=1S/C17H15Cl2N5/c18-14-7-3-1-5-12(14)9-20-16-11-22-24-17(23-16)21-10-13-6-2-4-8-15(13)19/h1-8,11H,9-10H2,(H2,20,21,23,24). The topological polar surface area (TPSA) is 62.7 Å². The minimum atomic E-state index is 0.430. The van der Waals surface area contributed by atoms with Gasteiger partial charge in [0.25, 0.3) is 0 Å². The van der Waals surface area contributed by atoms with Gasteiger partial charge < -0.3 is 10.6 Å². The first-order chi connectivity index (χ1) is 11.7. The van der Waals surface area contributed by atoms with Crippen LogP contribution >= 0.6 is 23.2 Å². The number of hydrogen-bond acceptors (Lipinski definition) is 5. The Bertz CT molecular complexity index is 761. The largest absolute Gasteiger partial charge is 0.364 e. The summed E-state index contributed by atoms with van der Waals surface area (Å²) < 4.78 is 0. The highest BCUT2D eigenvalue weighted by molar-refractivity contribution is 6.31. The van der Waals surface area contributed by atoms with Crippen LogP contribution in [0.4, 0.5) is 11.8 Å². The maximum atomic E-state index is 6.14. The number of rotatable bonds is 6.